The van der Waals surface area contributed by atoms with Crippen molar-refractivity contribution in [2.24, 2.45) is 0 Å². The van der Waals surface area contributed by atoms with E-state index in [9.17, 15) is 0 Å². The van der Waals surface area contributed by atoms with Crippen LogP contribution in [-0.4, -0.2) is 40.0 Å². The van der Waals surface area contributed by atoms with Crippen LogP contribution in [0.3, 0.4) is 0 Å². The van der Waals surface area contributed by atoms with E-state index in [1.165, 1.54) is 0 Å². The second kappa shape index (κ2) is 4.33. The molecule has 17 heavy (non-hydrogen) atoms. The summed E-state index contributed by atoms with van der Waals surface area (Å²) in [6, 6.07) is 0.583. The molecule has 1 fully saturated rings. The molecule has 2 aromatic rings. The van der Waals surface area contributed by atoms with Gasteiger partial charge in [-0.15, -0.1) is 0 Å². The third-order valence-electron chi connectivity index (χ3n) is 3.30. The zero-order valence-electron chi connectivity index (χ0n) is 10.0. The molecule has 1 N–H and O–H groups in total. The maximum absolute atomic E-state index is 4.48. The molecule has 3 rings (SSSR count). The van der Waals surface area contributed by atoms with Crippen LogP contribution in [0.25, 0.3) is 5.65 Å². The molecule has 1 aliphatic heterocycles. The first-order valence-corrected chi connectivity index (χ1v) is 6.10. The summed E-state index contributed by atoms with van der Waals surface area (Å²) in [5, 5.41) is 3.49. The number of imidazole rings is 1. The van der Waals surface area contributed by atoms with Gasteiger partial charge in [-0.1, -0.05) is 0 Å². The maximum Gasteiger partial charge on any atom is 0.180 e. The molecular formula is C12H17N5. The molecule has 5 heteroatoms. The van der Waals surface area contributed by atoms with Gasteiger partial charge in [0.05, 0.1) is 0 Å². The van der Waals surface area contributed by atoms with Gasteiger partial charge in [0.15, 0.2) is 11.5 Å². The molecule has 3 heterocycles. The third kappa shape index (κ3) is 1.98. The summed E-state index contributed by atoms with van der Waals surface area (Å²) in [7, 11) is 0. The number of aromatic nitrogens is 3. The first-order valence-electron chi connectivity index (χ1n) is 6.10. The lowest BCUT2D eigenvalue weighted by Gasteiger charge is -2.21. The maximum atomic E-state index is 4.48. The Morgan fingerprint density at radius 1 is 1.24 bits per heavy atom. The molecule has 1 saturated heterocycles. The van der Waals surface area contributed by atoms with E-state index in [1.54, 1.807) is 0 Å². The molecule has 0 bridgehead atoms. The van der Waals surface area contributed by atoms with E-state index in [4.69, 9.17) is 0 Å². The minimum Gasteiger partial charge on any atom is -0.352 e. The van der Waals surface area contributed by atoms with Crippen LogP contribution < -0.4 is 10.2 Å². The number of nitrogens with zero attached hydrogens (tertiary/aromatic N) is 4. The van der Waals surface area contributed by atoms with Gasteiger partial charge in [0.25, 0.3) is 0 Å². The van der Waals surface area contributed by atoms with E-state index in [0.717, 1.165) is 37.5 Å². The van der Waals surface area contributed by atoms with Gasteiger partial charge < -0.3 is 14.6 Å². The molecular weight excluding hydrogens is 214 g/mol. The largest absolute Gasteiger partial charge is 0.352 e. The fourth-order valence-electron chi connectivity index (χ4n) is 2.28. The molecule has 2 aromatic heterocycles. The normalized spacial score (nSPS) is 21.7. The molecule has 90 valence electrons. The fourth-order valence-corrected chi connectivity index (χ4v) is 2.28. The number of hydrogen-bond donors (Lipinski definition) is 1. The van der Waals surface area contributed by atoms with Crippen LogP contribution in [0.15, 0.2) is 24.8 Å². The van der Waals surface area contributed by atoms with E-state index in [0.29, 0.717) is 6.04 Å². The van der Waals surface area contributed by atoms with E-state index in [2.05, 4.69) is 27.1 Å². The molecule has 0 radical (unpaired) electrons. The average molecular weight is 231 g/mol. The standard InChI is InChI=1S/C12H17N5/c1-10-2-6-16(7-3-13-10)11-12-15-5-9-17(12)8-4-14-11/h4-5,8-10,13H,2-3,6-7H2,1H3. The lowest BCUT2D eigenvalue weighted by Crippen LogP contribution is -2.29. The van der Waals surface area contributed by atoms with Crippen molar-refractivity contribution in [1.82, 2.24) is 19.7 Å². The number of rotatable bonds is 1. The van der Waals surface area contributed by atoms with Crippen molar-refractivity contribution < 1.29 is 0 Å². The van der Waals surface area contributed by atoms with Gasteiger partial charge in [-0.3, -0.25) is 0 Å². The van der Waals surface area contributed by atoms with Crippen molar-refractivity contribution in [3.05, 3.63) is 24.8 Å². The van der Waals surface area contributed by atoms with Gasteiger partial charge >= 0.3 is 0 Å². The first kappa shape index (κ1) is 10.5. The van der Waals surface area contributed by atoms with Crippen molar-refractivity contribution >= 4 is 11.5 Å². The highest BCUT2D eigenvalue weighted by molar-refractivity contribution is 5.63. The van der Waals surface area contributed by atoms with Crippen LogP contribution in [0.5, 0.6) is 0 Å². The van der Waals surface area contributed by atoms with Gasteiger partial charge in [0.1, 0.15) is 0 Å². The van der Waals surface area contributed by atoms with E-state index >= 15 is 0 Å². The van der Waals surface area contributed by atoms with Crippen LogP contribution in [0.4, 0.5) is 5.82 Å². The lowest BCUT2D eigenvalue weighted by molar-refractivity contribution is 0.566. The highest BCUT2D eigenvalue weighted by Crippen LogP contribution is 2.18. The molecule has 5 nitrogen and oxygen atoms in total. The second-order valence-corrected chi connectivity index (χ2v) is 4.54. The summed E-state index contributed by atoms with van der Waals surface area (Å²) in [5.74, 6) is 0.994. The Morgan fingerprint density at radius 2 is 2.06 bits per heavy atom. The Bertz CT molecular complexity index is 506. The molecule has 0 aliphatic carbocycles. The lowest BCUT2D eigenvalue weighted by atomic mass is 10.2. The van der Waals surface area contributed by atoms with Crippen LogP contribution in [0.2, 0.25) is 0 Å². The van der Waals surface area contributed by atoms with Gasteiger partial charge in [0.2, 0.25) is 0 Å². The predicted molar refractivity (Wildman–Crippen MR) is 67.3 cm³/mol. The second-order valence-electron chi connectivity index (χ2n) is 4.54. The van der Waals surface area contributed by atoms with Crippen molar-refractivity contribution in [2.45, 2.75) is 19.4 Å². The summed E-state index contributed by atoms with van der Waals surface area (Å²) in [6.45, 7) is 5.26. The Labute approximate surface area is 100 Å². The van der Waals surface area contributed by atoms with Crippen molar-refractivity contribution in [3.63, 3.8) is 0 Å². The van der Waals surface area contributed by atoms with E-state index < -0.39 is 0 Å². The average Bonchev–Trinajstić information content (AvgIpc) is 2.72. The molecule has 0 saturated carbocycles. The summed E-state index contributed by atoms with van der Waals surface area (Å²) in [6.07, 6.45) is 8.69. The van der Waals surface area contributed by atoms with Crippen molar-refractivity contribution in [1.29, 1.82) is 0 Å². The van der Waals surface area contributed by atoms with E-state index in [-0.39, 0.29) is 0 Å². The minimum atomic E-state index is 0.583. The number of hydrogen-bond acceptors (Lipinski definition) is 4. The van der Waals surface area contributed by atoms with Gasteiger partial charge in [-0.25, -0.2) is 9.97 Å². The predicted octanol–water partition coefficient (Wildman–Crippen LogP) is 0.917. The van der Waals surface area contributed by atoms with Crippen molar-refractivity contribution in [3.8, 4) is 0 Å². The van der Waals surface area contributed by atoms with Crippen LogP contribution in [0.1, 0.15) is 13.3 Å². The number of nitrogens with one attached hydrogen (secondary N) is 1. The van der Waals surface area contributed by atoms with Gasteiger partial charge in [0, 0.05) is 50.5 Å². The first-order chi connectivity index (χ1) is 8.34. The SMILES string of the molecule is CC1CCN(c2nccn3ccnc23)CCN1. The summed E-state index contributed by atoms with van der Waals surface area (Å²) >= 11 is 0. The molecule has 1 aliphatic rings. The smallest absolute Gasteiger partial charge is 0.180 e. The van der Waals surface area contributed by atoms with Crippen LogP contribution >= 0.6 is 0 Å². The molecule has 0 aromatic carbocycles. The Hall–Kier alpha value is -1.62. The summed E-state index contributed by atoms with van der Waals surface area (Å²) in [5.41, 5.74) is 0.946. The topological polar surface area (TPSA) is 45.5 Å². The van der Waals surface area contributed by atoms with Gasteiger partial charge in [-0.05, 0) is 13.3 Å². The monoisotopic (exact) mass is 231 g/mol. The zero-order chi connectivity index (χ0) is 11.7. The highest BCUT2D eigenvalue weighted by Gasteiger charge is 2.17. The summed E-state index contributed by atoms with van der Waals surface area (Å²) in [4.78, 5) is 11.2. The van der Waals surface area contributed by atoms with E-state index in [1.807, 2.05) is 29.2 Å². The quantitative estimate of drug-likeness (QED) is 0.792. The van der Waals surface area contributed by atoms with Crippen LogP contribution in [-0.2, 0) is 0 Å². The number of anilines is 1. The zero-order valence-corrected chi connectivity index (χ0v) is 10.0. The Morgan fingerprint density at radius 3 is 2.94 bits per heavy atom. The molecule has 0 spiro atoms. The van der Waals surface area contributed by atoms with Gasteiger partial charge in [-0.2, -0.15) is 0 Å². The summed E-state index contributed by atoms with van der Waals surface area (Å²) < 4.78 is 2.02. The third-order valence-corrected chi connectivity index (χ3v) is 3.30. The molecule has 1 atom stereocenters. The van der Waals surface area contributed by atoms with Crippen molar-refractivity contribution in [2.75, 3.05) is 24.5 Å². The fraction of sp³-hybridized carbons (Fsp3) is 0.500. The Balaban J connectivity index is 1.94. The highest BCUT2D eigenvalue weighted by atomic mass is 15.2. The minimum absolute atomic E-state index is 0.583. The number of fused-ring (bicyclic) bond motifs is 1. The Kier molecular flexibility index (Phi) is 2.68. The molecule has 0 amide bonds. The molecule has 1 unspecified atom stereocenters. The van der Waals surface area contributed by atoms with Crippen LogP contribution in [0, 0.1) is 0 Å².